The molecule has 16 heavy (non-hydrogen) atoms. The quantitative estimate of drug-likeness (QED) is 0.799. The lowest BCUT2D eigenvalue weighted by Crippen LogP contribution is -2.38. The Labute approximate surface area is 105 Å². The van der Waals surface area contributed by atoms with Gasteiger partial charge in [0.05, 0.1) is 13.2 Å². The maximum Gasteiger partial charge on any atom is 0.0593 e. The maximum atomic E-state index is 5.57. The van der Waals surface area contributed by atoms with E-state index in [2.05, 4.69) is 17.1 Å². The Morgan fingerprint density at radius 1 is 1.31 bits per heavy atom. The molecule has 4 heteroatoms. The van der Waals surface area contributed by atoms with Crippen LogP contribution in [0.1, 0.15) is 19.8 Å². The van der Waals surface area contributed by atoms with Crippen molar-refractivity contribution in [2.45, 2.75) is 19.8 Å². The van der Waals surface area contributed by atoms with Crippen LogP contribution in [0.4, 0.5) is 0 Å². The number of piperidine rings is 1. The number of rotatable bonds is 2. The molecule has 1 unspecified atom stereocenters. The van der Waals surface area contributed by atoms with E-state index < -0.39 is 0 Å². The van der Waals surface area contributed by atoms with Gasteiger partial charge >= 0.3 is 0 Å². The zero-order valence-electron chi connectivity index (χ0n) is 10.3. The van der Waals surface area contributed by atoms with E-state index in [1.165, 1.54) is 39.0 Å². The standard InChI is InChI=1S/C12H24N2O.ClH/c1-11-8-14(6-7-15-10-11)9-12-2-4-13-5-3-12;/h11-13H,2-10H2,1H3;1H. The summed E-state index contributed by atoms with van der Waals surface area (Å²) in [5.41, 5.74) is 0. The lowest BCUT2D eigenvalue weighted by Gasteiger charge is -2.29. The van der Waals surface area contributed by atoms with E-state index >= 15 is 0 Å². The SMILES string of the molecule is CC1COCCN(CC2CCNCC2)C1.Cl. The van der Waals surface area contributed by atoms with Crippen molar-refractivity contribution >= 4 is 12.4 Å². The van der Waals surface area contributed by atoms with Crippen LogP contribution >= 0.6 is 12.4 Å². The molecule has 2 aliphatic rings. The molecule has 0 aromatic heterocycles. The molecule has 3 nitrogen and oxygen atoms in total. The molecule has 1 atom stereocenters. The van der Waals surface area contributed by atoms with Crippen LogP contribution in [-0.2, 0) is 4.74 Å². The lowest BCUT2D eigenvalue weighted by molar-refractivity contribution is 0.124. The Morgan fingerprint density at radius 3 is 2.81 bits per heavy atom. The van der Waals surface area contributed by atoms with Gasteiger partial charge in [-0.2, -0.15) is 0 Å². The van der Waals surface area contributed by atoms with Gasteiger partial charge in [0.1, 0.15) is 0 Å². The van der Waals surface area contributed by atoms with Crippen molar-refractivity contribution in [2.24, 2.45) is 11.8 Å². The van der Waals surface area contributed by atoms with Gasteiger partial charge in [0.15, 0.2) is 0 Å². The van der Waals surface area contributed by atoms with Gasteiger partial charge in [0, 0.05) is 19.6 Å². The van der Waals surface area contributed by atoms with Crippen LogP contribution in [0.3, 0.4) is 0 Å². The third kappa shape index (κ3) is 4.58. The van der Waals surface area contributed by atoms with Crippen LogP contribution in [0, 0.1) is 11.8 Å². The summed E-state index contributed by atoms with van der Waals surface area (Å²) >= 11 is 0. The number of ether oxygens (including phenoxy) is 1. The second-order valence-corrected chi connectivity index (χ2v) is 5.13. The Hall–Kier alpha value is 0.170. The Balaban J connectivity index is 0.00000128. The first-order valence-corrected chi connectivity index (χ1v) is 6.35. The molecule has 0 aromatic carbocycles. The van der Waals surface area contributed by atoms with Gasteiger partial charge in [-0.05, 0) is 37.8 Å². The molecule has 2 saturated heterocycles. The molecule has 2 fully saturated rings. The minimum atomic E-state index is 0. The summed E-state index contributed by atoms with van der Waals surface area (Å²) in [7, 11) is 0. The average Bonchev–Trinajstić information content (AvgIpc) is 2.44. The van der Waals surface area contributed by atoms with Crippen molar-refractivity contribution in [1.29, 1.82) is 0 Å². The van der Waals surface area contributed by atoms with Crippen molar-refractivity contribution in [3.8, 4) is 0 Å². The fraction of sp³-hybridized carbons (Fsp3) is 1.00. The van der Waals surface area contributed by atoms with Crippen molar-refractivity contribution in [2.75, 3.05) is 45.9 Å². The highest BCUT2D eigenvalue weighted by Crippen LogP contribution is 2.15. The first-order valence-electron chi connectivity index (χ1n) is 6.35. The van der Waals surface area contributed by atoms with Crippen LogP contribution in [-0.4, -0.2) is 50.8 Å². The van der Waals surface area contributed by atoms with Gasteiger partial charge in [0.25, 0.3) is 0 Å². The second-order valence-electron chi connectivity index (χ2n) is 5.13. The van der Waals surface area contributed by atoms with E-state index in [0.29, 0.717) is 5.92 Å². The molecule has 0 aliphatic carbocycles. The van der Waals surface area contributed by atoms with Crippen molar-refractivity contribution in [3.63, 3.8) is 0 Å². The first kappa shape index (κ1) is 14.2. The van der Waals surface area contributed by atoms with E-state index in [0.717, 1.165) is 25.7 Å². The van der Waals surface area contributed by atoms with Gasteiger partial charge in [-0.25, -0.2) is 0 Å². The average molecular weight is 249 g/mol. The monoisotopic (exact) mass is 248 g/mol. The number of hydrogen-bond acceptors (Lipinski definition) is 3. The molecular weight excluding hydrogens is 224 g/mol. The number of hydrogen-bond donors (Lipinski definition) is 1. The van der Waals surface area contributed by atoms with E-state index in [1.807, 2.05) is 0 Å². The molecule has 2 rings (SSSR count). The largest absolute Gasteiger partial charge is 0.380 e. The number of nitrogens with one attached hydrogen (secondary N) is 1. The Kier molecular flexibility index (Phi) is 6.66. The predicted octanol–water partition coefficient (Wildman–Crippen LogP) is 1.38. The molecular formula is C12H25ClN2O. The molecule has 2 aliphatic heterocycles. The lowest BCUT2D eigenvalue weighted by atomic mass is 9.97. The molecule has 0 amide bonds. The first-order chi connectivity index (χ1) is 7.34. The minimum absolute atomic E-state index is 0. The van der Waals surface area contributed by atoms with Crippen LogP contribution in [0.5, 0.6) is 0 Å². The van der Waals surface area contributed by atoms with Crippen LogP contribution in [0.2, 0.25) is 0 Å². The molecule has 1 N–H and O–H groups in total. The Bertz CT molecular complexity index is 186. The second kappa shape index (κ2) is 7.49. The topological polar surface area (TPSA) is 24.5 Å². The fourth-order valence-corrected chi connectivity index (χ4v) is 2.66. The third-order valence-electron chi connectivity index (χ3n) is 3.50. The van der Waals surface area contributed by atoms with Gasteiger partial charge in [-0.3, -0.25) is 0 Å². The van der Waals surface area contributed by atoms with Crippen LogP contribution in [0.15, 0.2) is 0 Å². The maximum absolute atomic E-state index is 5.57. The van der Waals surface area contributed by atoms with Gasteiger partial charge < -0.3 is 15.0 Å². The minimum Gasteiger partial charge on any atom is -0.380 e. The summed E-state index contributed by atoms with van der Waals surface area (Å²) in [6.45, 7) is 10.2. The predicted molar refractivity (Wildman–Crippen MR) is 69.3 cm³/mol. The van der Waals surface area contributed by atoms with E-state index in [4.69, 9.17) is 4.74 Å². The van der Waals surface area contributed by atoms with E-state index in [-0.39, 0.29) is 12.4 Å². The number of nitrogens with zero attached hydrogens (tertiary/aromatic N) is 1. The molecule has 0 saturated carbocycles. The summed E-state index contributed by atoms with van der Waals surface area (Å²) in [6.07, 6.45) is 2.71. The molecule has 96 valence electrons. The third-order valence-corrected chi connectivity index (χ3v) is 3.50. The summed E-state index contributed by atoms with van der Waals surface area (Å²) in [4.78, 5) is 2.60. The molecule has 0 aromatic rings. The summed E-state index contributed by atoms with van der Waals surface area (Å²) in [5.74, 6) is 1.62. The van der Waals surface area contributed by atoms with E-state index in [9.17, 15) is 0 Å². The number of halogens is 1. The highest BCUT2D eigenvalue weighted by Gasteiger charge is 2.20. The zero-order chi connectivity index (χ0) is 10.5. The molecule has 0 spiro atoms. The normalized spacial score (nSPS) is 29.4. The molecule has 0 bridgehead atoms. The van der Waals surface area contributed by atoms with Crippen LogP contribution in [0.25, 0.3) is 0 Å². The highest BCUT2D eigenvalue weighted by molar-refractivity contribution is 5.85. The van der Waals surface area contributed by atoms with Gasteiger partial charge in [0.2, 0.25) is 0 Å². The van der Waals surface area contributed by atoms with Crippen LogP contribution < -0.4 is 5.32 Å². The smallest absolute Gasteiger partial charge is 0.0593 e. The summed E-state index contributed by atoms with van der Waals surface area (Å²) in [5, 5.41) is 3.43. The van der Waals surface area contributed by atoms with Crippen molar-refractivity contribution in [3.05, 3.63) is 0 Å². The molecule has 2 heterocycles. The summed E-state index contributed by atoms with van der Waals surface area (Å²) < 4.78 is 5.57. The van der Waals surface area contributed by atoms with Crippen molar-refractivity contribution < 1.29 is 4.74 Å². The Morgan fingerprint density at radius 2 is 2.06 bits per heavy atom. The molecule has 0 radical (unpaired) electrons. The van der Waals surface area contributed by atoms with E-state index in [1.54, 1.807) is 0 Å². The fourth-order valence-electron chi connectivity index (χ4n) is 2.66. The van der Waals surface area contributed by atoms with Crippen molar-refractivity contribution in [1.82, 2.24) is 10.2 Å². The summed E-state index contributed by atoms with van der Waals surface area (Å²) in [6, 6.07) is 0. The highest BCUT2D eigenvalue weighted by atomic mass is 35.5. The zero-order valence-corrected chi connectivity index (χ0v) is 11.1. The van der Waals surface area contributed by atoms with Gasteiger partial charge in [-0.1, -0.05) is 6.92 Å². The van der Waals surface area contributed by atoms with Gasteiger partial charge in [-0.15, -0.1) is 12.4 Å².